The standard InChI is InChI=1S/C17H11N3O3/c21-17-16(12-3-1-2-4-14(12)19-17)15-7-5-10-9-11(20(22)23)6-8-13(10)18-15/h1-9,18H,(H,19,21)/b16-15-. The molecule has 112 valence electrons. The molecular weight excluding hydrogens is 294 g/mol. The van der Waals surface area contributed by atoms with Crippen molar-refractivity contribution >= 4 is 34.6 Å². The molecule has 0 fully saturated rings. The minimum Gasteiger partial charge on any atom is -0.354 e. The van der Waals surface area contributed by atoms with Gasteiger partial charge in [0.2, 0.25) is 0 Å². The van der Waals surface area contributed by atoms with Crippen LogP contribution in [0.1, 0.15) is 11.1 Å². The molecule has 2 aromatic rings. The average Bonchev–Trinajstić information content (AvgIpc) is 2.89. The number of anilines is 2. The predicted octanol–water partition coefficient (Wildman–Crippen LogP) is 3.40. The van der Waals surface area contributed by atoms with Gasteiger partial charge >= 0.3 is 0 Å². The van der Waals surface area contributed by atoms with Crippen molar-refractivity contribution in [2.24, 2.45) is 0 Å². The molecule has 0 aromatic heterocycles. The molecular formula is C17H11N3O3. The van der Waals surface area contributed by atoms with E-state index in [4.69, 9.17) is 0 Å². The Morgan fingerprint density at radius 1 is 0.957 bits per heavy atom. The van der Waals surface area contributed by atoms with Gasteiger partial charge in [0.25, 0.3) is 11.6 Å². The summed E-state index contributed by atoms with van der Waals surface area (Å²) in [5, 5.41) is 16.9. The monoisotopic (exact) mass is 305 g/mol. The molecule has 2 N–H and O–H groups in total. The van der Waals surface area contributed by atoms with Crippen molar-refractivity contribution in [3.8, 4) is 0 Å². The number of allylic oxidation sites excluding steroid dienone is 1. The second-order valence-electron chi connectivity index (χ2n) is 5.28. The number of nitro groups is 1. The van der Waals surface area contributed by atoms with Crippen molar-refractivity contribution < 1.29 is 9.72 Å². The largest absolute Gasteiger partial charge is 0.354 e. The van der Waals surface area contributed by atoms with Gasteiger partial charge in [-0.25, -0.2) is 0 Å². The minimum absolute atomic E-state index is 0.0373. The van der Waals surface area contributed by atoms with Crippen molar-refractivity contribution in [2.45, 2.75) is 0 Å². The van der Waals surface area contributed by atoms with Crippen LogP contribution in [0.5, 0.6) is 0 Å². The highest BCUT2D eigenvalue weighted by Gasteiger charge is 2.27. The molecule has 1 amide bonds. The number of non-ortho nitro benzene ring substituents is 1. The number of nitrogens with one attached hydrogen (secondary N) is 2. The third-order valence-corrected chi connectivity index (χ3v) is 3.89. The maximum atomic E-state index is 12.3. The Balaban J connectivity index is 1.80. The van der Waals surface area contributed by atoms with E-state index in [1.807, 2.05) is 24.3 Å². The highest BCUT2D eigenvalue weighted by Crippen LogP contribution is 2.37. The lowest BCUT2D eigenvalue weighted by atomic mass is 10.0. The van der Waals surface area contributed by atoms with E-state index in [2.05, 4.69) is 10.6 Å². The van der Waals surface area contributed by atoms with E-state index in [0.29, 0.717) is 11.3 Å². The van der Waals surface area contributed by atoms with Crippen LogP contribution in [0.15, 0.2) is 54.2 Å². The molecule has 0 saturated carbocycles. The first-order chi connectivity index (χ1) is 11.1. The maximum absolute atomic E-state index is 12.3. The normalized spacial score (nSPS) is 18.0. The van der Waals surface area contributed by atoms with Gasteiger partial charge in [0, 0.05) is 34.6 Å². The van der Waals surface area contributed by atoms with E-state index in [1.54, 1.807) is 18.2 Å². The van der Waals surface area contributed by atoms with E-state index in [0.717, 1.165) is 22.5 Å². The van der Waals surface area contributed by atoms with Crippen LogP contribution in [0.3, 0.4) is 0 Å². The second-order valence-corrected chi connectivity index (χ2v) is 5.28. The SMILES string of the molecule is O=C1Nc2ccccc2/C1=C1\C=Cc2cc([N+](=O)[O-])ccc2N1. The first-order valence-electron chi connectivity index (χ1n) is 7.02. The molecule has 2 aromatic carbocycles. The summed E-state index contributed by atoms with van der Waals surface area (Å²) < 4.78 is 0. The zero-order valence-electron chi connectivity index (χ0n) is 11.9. The number of carbonyl (C=O) groups is 1. The Bertz CT molecular complexity index is 928. The summed E-state index contributed by atoms with van der Waals surface area (Å²) in [6.45, 7) is 0. The Kier molecular flexibility index (Phi) is 2.77. The number of rotatable bonds is 1. The van der Waals surface area contributed by atoms with Crippen molar-refractivity contribution in [1.29, 1.82) is 0 Å². The lowest BCUT2D eigenvalue weighted by Crippen LogP contribution is -2.11. The van der Waals surface area contributed by atoms with Crippen LogP contribution in [-0.4, -0.2) is 10.8 Å². The van der Waals surface area contributed by atoms with Gasteiger partial charge < -0.3 is 10.6 Å². The van der Waals surface area contributed by atoms with Crippen molar-refractivity contribution in [2.75, 3.05) is 10.6 Å². The number of amides is 1. The summed E-state index contributed by atoms with van der Waals surface area (Å²) in [6, 6.07) is 12.1. The van der Waals surface area contributed by atoms with Gasteiger partial charge in [-0.15, -0.1) is 0 Å². The molecule has 6 heteroatoms. The molecule has 2 heterocycles. The van der Waals surface area contributed by atoms with Gasteiger partial charge in [-0.1, -0.05) is 24.3 Å². The van der Waals surface area contributed by atoms with Crippen LogP contribution in [0.2, 0.25) is 0 Å². The number of benzene rings is 2. The summed E-state index contributed by atoms with van der Waals surface area (Å²) in [6.07, 6.45) is 3.54. The highest BCUT2D eigenvalue weighted by molar-refractivity contribution is 6.33. The van der Waals surface area contributed by atoms with Crippen molar-refractivity contribution in [3.05, 3.63) is 75.5 Å². The van der Waals surface area contributed by atoms with E-state index >= 15 is 0 Å². The lowest BCUT2D eigenvalue weighted by Gasteiger charge is -2.17. The number of para-hydroxylation sites is 1. The second kappa shape index (κ2) is 4.81. The van der Waals surface area contributed by atoms with E-state index in [1.165, 1.54) is 12.1 Å². The van der Waals surface area contributed by atoms with Gasteiger partial charge in [0.1, 0.15) is 0 Å². The van der Waals surface area contributed by atoms with E-state index in [-0.39, 0.29) is 11.6 Å². The van der Waals surface area contributed by atoms with Crippen LogP contribution < -0.4 is 10.6 Å². The van der Waals surface area contributed by atoms with Gasteiger partial charge in [0.15, 0.2) is 0 Å². The van der Waals surface area contributed by atoms with Crippen LogP contribution in [0.4, 0.5) is 17.1 Å². The fraction of sp³-hybridized carbons (Fsp3) is 0. The minimum atomic E-state index is -0.428. The van der Waals surface area contributed by atoms with Gasteiger partial charge in [-0.05, 0) is 18.2 Å². The number of fused-ring (bicyclic) bond motifs is 2. The first kappa shape index (κ1) is 13.3. The summed E-state index contributed by atoms with van der Waals surface area (Å²) in [5.74, 6) is -0.163. The van der Waals surface area contributed by atoms with Crippen molar-refractivity contribution in [3.63, 3.8) is 0 Å². The Hall–Kier alpha value is -3.41. The third-order valence-electron chi connectivity index (χ3n) is 3.89. The molecule has 0 bridgehead atoms. The first-order valence-corrected chi connectivity index (χ1v) is 7.02. The summed E-state index contributed by atoms with van der Waals surface area (Å²) in [5.41, 5.74) is 4.36. The molecule has 0 spiro atoms. The van der Waals surface area contributed by atoms with Crippen LogP contribution in [-0.2, 0) is 4.79 Å². The van der Waals surface area contributed by atoms with Crippen molar-refractivity contribution in [1.82, 2.24) is 0 Å². The molecule has 0 radical (unpaired) electrons. The molecule has 0 saturated heterocycles. The van der Waals surface area contributed by atoms with E-state index < -0.39 is 4.92 Å². The fourth-order valence-corrected chi connectivity index (χ4v) is 2.81. The topological polar surface area (TPSA) is 84.3 Å². The van der Waals surface area contributed by atoms with Gasteiger partial charge in [-0.2, -0.15) is 0 Å². The molecule has 23 heavy (non-hydrogen) atoms. The Morgan fingerprint density at radius 3 is 2.61 bits per heavy atom. The Labute approximate surface area is 131 Å². The quantitative estimate of drug-likeness (QED) is 0.480. The van der Waals surface area contributed by atoms with Gasteiger partial charge in [-0.3, -0.25) is 14.9 Å². The van der Waals surface area contributed by atoms with Gasteiger partial charge in [0.05, 0.1) is 16.2 Å². The lowest BCUT2D eigenvalue weighted by molar-refractivity contribution is -0.384. The summed E-state index contributed by atoms with van der Waals surface area (Å²) >= 11 is 0. The van der Waals surface area contributed by atoms with Crippen LogP contribution in [0.25, 0.3) is 11.6 Å². The molecule has 6 nitrogen and oxygen atoms in total. The summed E-state index contributed by atoms with van der Waals surface area (Å²) in [7, 11) is 0. The molecule has 4 rings (SSSR count). The van der Waals surface area contributed by atoms with Crippen LogP contribution >= 0.6 is 0 Å². The van der Waals surface area contributed by atoms with E-state index in [9.17, 15) is 14.9 Å². The molecule has 0 aliphatic carbocycles. The number of nitrogens with zero attached hydrogens (tertiary/aromatic N) is 1. The average molecular weight is 305 g/mol. The number of nitro benzene ring substituents is 1. The fourth-order valence-electron chi connectivity index (χ4n) is 2.81. The molecule has 0 unspecified atom stereocenters. The number of hydrogen-bond donors (Lipinski definition) is 2. The smallest absolute Gasteiger partial charge is 0.270 e. The molecule has 0 atom stereocenters. The zero-order chi connectivity index (χ0) is 16.0. The molecule has 2 aliphatic heterocycles. The number of hydrogen-bond acceptors (Lipinski definition) is 4. The predicted molar refractivity (Wildman–Crippen MR) is 87.7 cm³/mol. The zero-order valence-corrected chi connectivity index (χ0v) is 11.9. The van der Waals surface area contributed by atoms with Crippen LogP contribution in [0, 0.1) is 10.1 Å². The Morgan fingerprint density at radius 2 is 1.78 bits per heavy atom. The third kappa shape index (κ3) is 2.08. The molecule has 2 aliphatic rings. The number of carbonyl (C=O) groups excluding carboxylic acids is 1. The highest BCUT2D eigenvalue weighted by atomic mass is 16.6. The maximum Gasteiger partial charge on any atom is 0.270 e. The summed E-state index contributed by atoms with van der Waals surface area (Å²) in [4.78, 5) is 22.7.